The van der Waals surface area contributed by atoms with E-state index in [2.05, 4.69) is 30.6 Å². The molecule has 0 bridgehead atoms. The molecular weight excluding hydrogens is 360 g/mol. The van der Waals surface area contributed by atoms with Gasteiger partial charge >= 0.3 is 0 Å². The topological polar surface area (TPSA) is 59.4 Å². The average molecular weight is 391 g/mol. The van der Waals surface area contributed by atoms with Gasteiger partial charge in [0.25, 0.3) is 0 Å². The minimum atomic E-state index is -0.0393. The Morgan fingerprint density at radius 1 is 1.48 bits per heavy atom. The molecule has 0 aromatic carbocycles. The van der Waals surface area contributed by atoms with E-state index in [4.69, 9.17) is 22.1 Å². The third-order valence-corrected chi connectivity index (χ3v) is 5.76. The van der Waals surface area contributed by atoms with Crippen LogP contribution in [-0.4, -0.2) is 52.4 Å². The lowest BCUT2D eigenvalue weighted by Crippen LogP contribution is -2.40. The highest BCUT2D eigenvalue weighted by Gasteiger charge is 2.40. The SMILES string of the molecule is C=CCNC(=S)N1CCC[C@H]1c1nn(CCOC)c2c1C(=O)CC(C)(C)C2. The number of ketones is 1. The maximum absolute atomic E-state index is 13.0. The third kappa shape index (κ3) is 4.09. The number of aromatic nitrogens is 2. The van der Waals surface area contributed by atoms with Gasteiger partial charge in [-0.25, -0.2) is 0 Å². The summed E-state index contributed by atoms with van der Waals surface area (Å²) in [5.41, 5.74) is 2.73. The van der Waals surface area contributed by atoms with Gasteiger partial charge in [-0.2, -0.15) is 5.10 Å². The summed E-state index contributed by atoms with van der Waals surface area (Å²) in [7, 11) is 1.69. The minimum Gasteiger partial charge on any atom is -0.383 e. The van der Waals surface area contributed by atoms with Gasteiger partial charge in [-0.1, -0.05) is 19.9 Å². The first-order valence-corrected chi connectivity index (χ1v) is 10.1. The Morgan fingerprint density at radius 3 is 2.96 bits per heavy atom. The van der Waals surface area contributed by atoms with E-state index in [9.17, 15) is 4.79 Å². The van der Waals surface area contributed by atoms with Crippen LogP contribution in [0.1, 0.15) is 60.9 Å². The van der Waals surface area contributed by atoms with Crippen molar-refractivity contribution in [1.29, 1.82) is 0 Å². The Hall–Kier alpha value is -1.73. The number of hydrogen-bond acceptors (Lipinski definition) is 4. The van der Waals surface area contributed by atoms with Crippen LogP contribution in [0.25, 0.3) is 0 Å². The van der Waals surface area contributed by atoms with Gasteiger partial charge in [0.05, 0.1) is 36.1 Å². The van der Waals surface area contributed by atoms with Crippen LogP contribution in [0.4, 0.5) is 0 Å². The molecule has 6 nitrogen and oxygen atoms in total. The van der Waals surface area contributed by atoms with Gasteiger partial charge in [0.2, 0.25) is 0 Å². The molecule has 1 aliphatic carbocycles. The number of thiocarbonyl (C=S) groups is 1. The van der Waals surface area contributed by atoms with Crippen molar-refractivity contribution in [1.82, 2.24) is 20.0 Å². The number of likely N-dealkylation sites (tertiary alicyclic amines) is 1. The number of fused-ring (bicyclic) bond motifs is 1. The van der Waals surface area contributed by atoms with E-state index in [1.54, 1.807) is 13.2 Å². The van der Waals surface area contributed by atoms with Crippen molar-refractivity contribution in [3.8, 4) is 0 Å². The summed E-state index contributed by atoms with van der Waals surface area (Å²) in [6.07, 6.45) is 5.22. The van der Waals surface area contributed by atoms with Crippen LogP contribution in [-0.2, 0) is 17.7 Å². The molecule has 1 fully saturated rings. The number of methoxy groups -OCH3 is 1. The summed E-state index contributed by atoms with van der Waals surface area (Å²) < 4.78 is 7.25. The van der Waals surface area contributed by atoms with Crippen molar-refractivity contribution in [2.45, 2.75) is 52.1 Å². The summed E-state index contributed by atoms with van der Waals surface area (Å²) in [6, 6.07) is 0.0533. The fraction of sp³-hybridized carbons (Fsp3) is 0.650. The van der Waals surface area contributed by atoms with Crippen LogP contribution in [0.5, 0.6) is 0 Å². The molecule has 3 rings (SSSR count). The third-order valence-electron chi connectivity index (χ3n) is 5.38. The molecule has 1 saturated heterocycles. The molecule has 7 heteroatoms. The van der Waals surface area contributed by atoms with Crippen molar-refractivity contribution < 1.29 is 9.53 Å². The monoisotopic (exact) mass is 390 g/mol. The highest BCUT2D eigenvalue weighted by molar-refractivity contribution is 7.80. The summed E-state index contributed by atoms with van der Waals surface area (Å²) in [6.45, 7) is 10.8. The van der Waals surface area contributed by atoms with Crippen LogP contribution in [0.3, 0.4) is 0 Å². The molecule has 0 unspecified atom stereocenters. The lowest BCUT2D eigenvalue weighted by atomic mass is 9.75. The second-order valence-corrected chi connectivity index (χ2v) is 8.58. The van der Waals surface area contributed by atoms with Crippen molar-refractivity contribution in [2.24, 2.45) is 5.41 Å². The Kier molecular flexibility index (Phi) is 6.01. The molecule has 0 radical (unpaired) electrons. The van der Waals surface area contributed by atoms with Gasteiger partial charge in [-0.15, -0.1) is 6.58 Å². The summed E-state index contributed by atoms with van der Waals surface area (Å²) >= 11 is 5.58. The van der Waals surface area contributed by atoms with E-state index in [-0.39, 0.29) is 17.2 Å². The number of rotatable bonds is 6. The largest absolute Gasteiger partial charge is 0.383 e. The first-order chi connectivity index (χ1) is 12.9. The first kappa shape index (κ1) is 20.0. The molecule has 148 valence electrons. The zero-order valence-electron chi connectivity index (χ0n) is 16.6. The smallest absolute Gasteiger partial charge is 0.169 e. The van der Waals surface area contributed by atoms with Crippen molar-refractivity contribution >= 4 is 23.1 Å². The maximum Gasteiger partial charge on any atom is 0.169 e. The Bertz CT molecular complexity index is 741. The molecule has 2 heterocycles. The second-order valence-electron chi connectivity index (χ2n) is 8.19. The molecule has 27 heavy (non-hydrogen) atoms. The molecule has 2 aliphatic rings. The van der Waals surface area contributed by atoms with Gasteiger partial charge in [0, 0.05) is 26.6 Å². The normalized spacial score (nSPS) is 21.2. The van der Waals surface area contributed by atoms with Gasteiger partial charge in [0.15, 0.2) is 10.9 Å². The summed E-state index contributed by atoms with van der Waals surface area (Å²) in [4.78, 5) is 15.2. The van der Waals surface area contributed by atoms with Crippen molar-refractivity contribution in [2.75, 3.05) is 26.8 Å². The Morgan fingerprint density at radius 2 is 2.26 bits per heavy atom. The van der Waals surface area contributed by atoms with E-state index < -0.39 is 0 Å². The molecule has 1 atom stereocenters. The number of nitrogens with zero attached hydrogens (tertiary/aromatic N) is 3. The van der Waals surface area contributed by atoms with E-state index in [1.165, 1.54) is 0 Å². The molecular formula is C20H30N4O2S. The lowest BCUT2D eigenvalue weighted by molar-refractivity contribution is 0.0906. The quantitative estimate of drug-likeness (QED) is 0.595. The average Bonchev–Trinajstić information content (AvgIpc) is 3.21. The number of carbonyl (C=O) groups is 1. The first-order valence-electron chi connectivity index (χ1n) is 9.65. The predicted octanol–water partition coefficient (Wildman–Crippen LogP) is 2.88. The maximum atomic E-state index is 13.0. The lowest BCUT2D eigenvalue weighted by Gasteiger charge is -2.30. The molecule has 1 aliphatic heterocycles. The highest BCUT2D eigenvalue weighted by atomic mass is 32.1. The zero-order chi connectivity index (χ0) is 19.6. The number of ether oxygens (including phenoxy) is 1. The van der Waals surface area contributed by atoms with Crippen LogP contribution in [0.2, 0.25) is 0 Å². The zero-order valence-corrected chi connectivity index (χ0v) is 17.4. The van der Waals surface area contributed by atoms with Crippen LogP contribution >= 0.6 is 12.2 Å². The number of hydrogen-bond donors (Lipinski definition) is 1. The predicted molar refractivity (Wildman–Crippen MR) is 110 cm³/mol. The minimum absolute atomic E-state index is 0.0393. The number of Topliss-reactive ketones (excluding diaryl/α,β-unsaturated/α-hetero) is 1. The van der Waals surface area contributed by atoms with Gasteiger partial charge in [-0.3, -0.25) is 9.48 Å². The number of nitrogens with one attached hydrogen (secondary N) is 1. The number of carbonyl (C=O) groups excluding carboxylic acids is 1. The molecule has 0 amide bonds. The second kappa shape index (κ2) is 8.10. The van der Waals surface area contributed by atoms with Crippen molar-refractivity contribution in [3.63, 3.8) is 0 Å². The molecule has 0 saturated carbocycles. The molecule has 1 aromatic heterocycles. The van der Waals surface area contributed by atoms with E-state index in [0.717, 1.165) is 42.8 Å². The highest BCUT2D eigenvalue weighted by Crippen LogP contribution is 2.41. The summed E-state index contributed by atoms with van der Waals surface area (Å²) in [5, 5.41) is 8.84. The standard InChI is InChI=1S/C20H30N4O2S/c1-5-8-21-19(27)23-9-6-7-14(23)18-17-15(24(22-18)10-11-26-4)12-20(2,3)13-16(17)25/h5,14H,1,6-13H2,2-4H3,(H,21,27)/t14-/m0/s1. The van der Waals surface area contributed by atoms with E-state index >= 15 is 0 Å². The van der Waals surface area contributed by atoms with Gasteiger partial charge < -0.3 is 15.0 Å². The van der Waals surface area contributed by atoms with E-state index in [0.29, 0.717) is 31.2 Å². The van der Waals surface area contributed by atoms with Crippen molar-refractivity contribution in [3.05, 3.63) is 29.6 Å². The molecule has 0 spiro atoms. The fourth-order valence-corrected chi connectivity index (χ4v) is 4.49. The summed E-state index contributed by atoms with van der Waals surface area (Å²) in [5.74, 6) is 0.205. The van der Waals surface area contributed by atoms with Gasteiger partial charge in [0.1, 0.15) is 0 Å². The fourth-order valence-electron chi connectivity index (χ4n) is 4.19. The van der Waals surface area contributed by atoms with Crippen LogP contribution in [0, 0.1) is 5.41 Å². The molecule has 1 N–H and O–H groups in total. The van der Waals surface area contributed by atoms with Gasteiger partial charge in [-0.05, 0) is 36.9 Å². The van der Waals surface area contributed by atoms with Crippen LogP contribution < -0.4 is 5.32 Å². The molecule has 1 aromatic rings. The Balaban J connectivity index is 1.97. The Labute approximate surface area is 166 Å². The van der Waals surface area contributed by atoms with Crippen LogP contribution in [0.15, 0.2) is 12.7 Å². The van der Waals surface area contributed by atoms with E-state index in [1.807, 2.05) is 4.68 Å².